The number of fused-ring (bicyclic) bond motifs is 1. The molecule has 3 aromatic carbocycles. The molecule has 0 radical (unpaired) electrons. The zero-order valence-corrected chi connectivity index (χ0v) is 17.6. The van der Waals surface area contributed by atoms with Gasteiger partial charge >= 0.3 is 0 Å². The summed E-state index contributed by atoms with van der Waals surface area (Å²) in [4.78, 5) is 24.9. The molecule has 0 aliphatic rings. The fourth-order valence-electron chi connectivity index (χ4n) is 3.64. The van der Waals surface area contributed by atoms with Gasteiger partial charge in [-0.1, -0.05) is 31.2 Å². The van der Waals surface area contributed by atoms with Gasteiger partial charge in [-0.15, -0.1) is 0 Å². The SMILES string of the molecule is CCC(=O)Nc1cccc(Nc2ccc(F)cc2F)c1-c1cn(C)c(=O)c2ccccc12. The Labute approximate surface area is 183 Å². The predicted molar refractivity (Wildman–Crippen MR) is 123 cm³/mol. The molecule has 0 saturated heterocycles. The summed E-state index contributed by atoms with van der Waals surface area (Å²) in [5.41, 5.74) is 2.20. The fourth-order valence-corrected chi connectivity index (χ4v) is 3.64. The van der Waals surface area contributed by atoms with E-state index in [1.165, 1.54) is 10.6 Å². The first-order chi connectivity index (χ1) is 15.4. The molecule has 0 atom stereocenters. The standard InChI is InChI=1S/C25H21F2N3O2/c1-3-23(31)29-22-10-6-9-21(28-20-12-11-15(26)13-19(20)27)24(22)18-14-30(2)25(32)17-8-5-4-7-16(17)18/h4-14,28H,3H2,1-2H3,(H,29,31). The molecular formula is C25H21F2N3O2. The minimum absolute atomic E-state index is 0.0840. The van der Waals surface area contributed by atoms with Gasteiger partial charge in [0.1, 0.15) is 11.6 Å². The molecule has 2 N–H and O–H groups in total. The van der Waals surface area contributed by atoms with E-state index in [0.717, 1.165) is 12.1 Å². The number of benzene rings is 3. The maximum atomic E-state index is 14.4. The van der Waals surface area contributed by atoms with E-state index in [9.17, 15) is 18.4 Å². The van der Waals surface area contributed by atoms with E-state index in [1.54, 1.807) is 50.5 Å². The second-order valence-electron chi connectivity index (χ2n) is 7.38. The van der Waals surface area contributed by atoms with Crippen LogP contribution in [0.25, 0.3) is 21.9 Å². The van der Waals surface area contributed by atoms with E-state index < -0.39 is 11.6 Å². The second kappa shape index (κ2) is 8.63. The number of aryl methyl sites for hydroxylation is 1. The van der Waals surface area contributed by atoms with Crippen LogP contribution in [0.4, 0.5) is 25.8 Å². The molecule has 0 spiro atoms. The summed E-state index contributed by atoms with van der Waals surface area (Å²) in [6.07, 6.45) is 1.96. The molecule has 0 aliphatic heterocycles. The highest BCUT2D eigenvalue weighted by atomic mass is 19.1. The van der Waals surface area contributed by atoms with Crippen molar-refractivity contribution >= 4 is 33.7 Å². The molecule has 7 heteroatoms. The number of halogens is 2. The number of rotatable bonds is 5. The molecule has 162 valence electrons. The van der Waals surface area contributed by atoms with Crippen molar-refractivity contribution in [1.29, 1.82) is 0 Å². The number of hydrogen-bond donors (Lipinski definition) is 2. The number of anilines is 3. The van der Waals surface area contributed by atoms with Gasteiger partial charge in [-0.3, -0.25) is 9.59 Å². The summed E-state index contributed by atoms with van der Waals surface area (Å²) in [5.74, 6) is -1.61. The maximum absolute atomic E-state index is 14.4. The van der Waals surface area contributed by atoms with Crippen LogP contribution >= 0.6 is 0 Å². The Hall–Kier alpha value is -4.00. The summed E-state index contributed by atoms with van der Waals surface area (Å²) in [7, 11) is 1.65. The molecule has 1 aromatic heterocycles. The third kappa shape index (κ3) is 3.97. The molecule has 1 heterocycles. The van der Waals surface area contributed by atoms with Crippen molar-refractivity contribution < 1.29 is 13.6 Å². The first-order valence-electron chi connectivity index (χ1n) is 10.1. The lowest BCUT2D eigenvalue weighted by molar-refractivity contribution is -0.115. The van der Waals surface area contributed by atoms with Gasteiger partial charge in [-0.25, -0.2) is 8.78 Å². The van der Waals surface area contributed by atoms with E-state index >= 15 is 0 Å². The first kappa shape index (κ1) is 21.2. The predicted octanol–water partition coefficient (Wildman–Crippen LogP) is 5.58. The van der Waals surface area contributed by atoms with E-state index in [-0.39, 0.29) is 23.6 Å². The molecule has 4 rings (SSSR count). The van der Waals surface area contributed by atoms with Crippen molar-refractivity contribution in [2.75, 3.05) is 10.6 Å². The summed E-state index contributed by atoms with van der Waals surface area (Å²) in [5, 5.41) is 7.11. The number of carbonyl (C=O) groups excluding carboxylic acids is 1. The van der Waals surface area contributed by atoms with Crippen molar-refractivity contribution in [3.63, 3.8) is 0 Å². The average molecular weight is 433 g/mol. The molecule has 5 nitrogen and oxygen atoms in total. The Balaban J connectivity index is 1.99. The monoisotopic (exact) mass is 433 g/mol. The van der Waals surface area contributed by atoms with Crippen LogP contribution in [0.15, 0.2) is 71.7 Å². The third-order valence-corrected chi connectivity index (χ3v) is 5.22. The number of pyridine rings is 1. The van der Waals surface area contributed by atoms with Crippen molar-refractivity contribution in [3.8, 4) is 11.1 Å². The lowest BCUT2D eigenvalue weighted by atomic mass is 9.97. The van der Waals surface area contributed by atoms with Crippen LogP contribution in [-0.2, 0) is 11.8 Å². The van der Waals surface area contributed by atoms with Crippen LogP contribution in [0.5, 0.6) is 0 Å². The van der Waals surface area contributed by atoms with Crippen molar-refractivity contribution in [1.82, 2.24) is 4.57 Å². The normalized spacial score (nSPS) is 10.9. The van der Waals surface area contributed by atoms with Gasteiger partial charge in [0.25, 0.3) is 5.56 Å². The first-order valence-corrected chi connectivity index (χ1v) is 10.1. The zero-order valence-electron chi connectivity index (χ0n) is 17.6. The molecule has 0 aliphatic carbocycles. The van der Waals surface area contributed by atoms with Crippen molar-refractivity contribution in [2.24, 2.45) is 7.05 Å². The highest BCUT2D eigenvalue weighted by Crippen LogP contribution is 2.40. The average Bonchev–Trinajstić information content (AvgIpc) is 2.78. The van der Waals surface area contributed by atoms with Gasteiger partial charge in [-0.2, -0.15) is 0 Å². The summed E-state index contributed by atoms with van der Waals surface area (Å²) < 4.78 is 29.2. The molecule has 0 fully saturated rings. The van der Waals surface area contributed by atoms with Gasteiger partial charge in [0.05, 0.1) is 11.4 Å². The summed E-state index contributed by atoms with van der Waals surface area (Å²) in [6, 6.07) is 15.6. The molecule has 4 aromatic rings. The quantitative estimate of drug-likeness (QED) is 0.432. The van der Waals surface area contributed by atoms with Gasteiger partial charge in [-0.05, 0) is 35.7 Å². The molecule has 1 amide bonds. The second-order valence-corrected chi connectivity index (χ2v) is 7.38. The minimum Gasteiger partial charge on any atom is -0.353 e. The third-order valence-electron chi connectivity index (χ3n) is 5.22. The topological polar surface area (TPSA) is 63.1 Å². The molecule has 0 unspecified atom stereocenters. The van der Waals surface area contributed by atoms with Crippen LogP contribution in [0, 0.1) is 11.6 Å². The molecular weight excluding hydrogens is 412 g/mol. The van der Waals surface area contributed by atoms with E-state index in [0.29, 0.717) is 33.3 Å². The Morgan fingerprint density at radius 3 is 2.38 bits per heavy atom. The van der Waals surface area contributed by atoms with E-state index in [4.69, 9.17) is 0 Å². The fraction of sp³-hybridized carbons (Fsp3) is 0.120. The van der Waals surface area contributed by atoms with Crippen molar-refractivity contribution in [3.05, 3.63) is 88.8 Å². The Kier molecular flexibility index (Phi) is 5.73. The lowest BCUT2D eigenvalue weighted by Crippen LogP contribution is -2.17. The van der Waals surface area contributed by atoms with Gasteiger partial charge < -0.3 is 15.2 Å². The Morgan fingerprint density at radius 1 is 0.938 bits per heavy atom. The van der Waals surface area contributed by atoms with E-state index in [2.05, 4.69) is 10.6 Å². The van der Waals surface area contributed by atoms with Crippen LogP contribution in [0.2, 0.25) is 0 Å². The number of aromatic nitrogens is 1. The number of hydrogen-bond acceptors (Lipinski definition) is 3. The summed E-state index contributed by atoms with van der Waals surface area (Å²) in [6.45, 7) is 1.74. The van der Waals surface area contributed by atoms with Crippen LogP contribution < -0.4 is 16.2 Å². The number of amides is 1. The maximum Gasteiger partial charge on any atom is 0.258 e. The van der Waals surface area contributed by atoms with Crippen LogP contribution in [0.3, 0.4) is 0 Å². The van der Waals surface area contributed by atoms with E-state index in [1.807, 2.05) is 12.1 Å². The number of nitrogens with zero attached hydrogens (tertiary/aromatic N) is 1. The zero-order chi connectivity index (χ0) is 22.8. The highest BCUT2D eigenvalue weighted by Gasteiger charge is 2.18. The molecule has 0 saturated carbocycles. The van der Waals surface area contributed by atoms with Gasteiger partial charge in [0, 0.05) is 47.9 Å². The van der Waals surface area contributed by atoms with Gasteiger partial charge in [0.2, 0.25) is 5.91 Å². The molecule has 32 heavy (non-hydrogen) atoms. The lowest BCUT2D eigenvalue weighted by Gasteiger charge is -2.19. The Bertz CT molecular complexity index is 1400. The van der Waals surface area contributed by atoms with Crippen LogP contribution in [0.1, 0.15) is 13.3 Å². The number of carbonyl (C=O) groups is 1. The van der Waals surface area contributed by atoms with Gasteiger partial charge in [0.15, 0.2) is 0 Å². The van der Waals surface area contributed by atoms with Crippen molar-refractivity contribution in [2.45, 2.75) is 13.3 Å². The largest absolute Gasteiger partial charge is 0.353 e. The van der Waals surface area contributed by atoms with Crippen LogP contribution in [-0.4, -0.2) is 10.5 Å². The Morgan fingerprint density at radius 2 is 1.66 bits per heavy atom. The molecule has 0 bridgehead atoms. The smallest absolute Gasteiger partial charge is 0.258 e. The minimum atomic E-state index is -0.746. The highest BCUT2D eigenvalue weighted by molar-refractivity contribution is 6.06. The summed E-state index contributed by atoms with van der Waals surface area (Å²) >= 11 is 0. The number of nitrogens with one attached hydrogen (secondary N) is 2.